The van der Waals surface area contributed by atoms with Crippen molar-refractivity contribution in [2.45, 2.75) is 6.61 Å². The van der Waals surface area contributed by atoms with Crippen LogP contribution in [0.5, 0.6) is 11.5 Å². The lowest BCUT2D eigenvalue weighted by atomic mass is 9.94. The van der Waals surface area contributed by atoms with Crippen LogP contribution in [0.2, 0.25) is 5.02 Å². The van der Waals surface area contributed by atoms with Gasteiger partial charge in [0.05, 0.1) is 12.1 Å². The van der Waals surface area contributed by atoms with Crippen molar-refractivity contribution in [2.75, 3.05) is 12.8 Å². The molecule has 0 atom stereocenters. The first-order valence-electron chi connectivity index (χ1n) is 8.92. The summed E-state index contributed by atoms with van der Waals surface area (Å²) in [7, 11) is 1.30. The number of carbonyl (C=O) groups is 2. The third-order valence-corrected chi connectivity index (χ3v) is 4.92. The number of methoxy groups -OCH3 is 1. The number of nitrogens with one attached hydrogen (secondary N) is 1. The van der Waals surface area contributed by atoms with Crippen molar-refractivity contribution in [3.8, 4) is 22.6 Å². The van der Waals surface area contributed by atoms with Crippen molar-refractivity contribution in [3.05, 3.63) is 74.3 Å². The van der Waals surface area contributed by atoms with Crippen LogP contribution in [0, 0.1) is 5.82 Å². The van der Waals surface area contributed by atoms with Crippen molar-refractivity contribution in [2.24, 2.45) is 0 Å². The monoisotopic (exact) mass is 462 g/mol. The molecule has 0 radical (unpaired) electrons. The van der Waals surface area contributed by atoms with Gasteiger partial charge in [0.25, 0.3) is 5.56 Å². The average molecular weight is 463 g/mol. The van der Waals surface area contributed by atoms with Crippen molar-refractivity contribution in [3.63, 3.8) is 0 Å². The lowest BCUT2D eigenvalue weighted by Crippen LogP contribution is -2.24. The Morgan fingerprint density at radius 3 is 2.38 bits per heavy atom. The highest BCUT2D eigenvalue weighted by Gasteiger charge is 2.29. The molecule has 9 nitrogen and oxygen atoms in total. The molecule has 3 aromatic rings. The van der Waals surface area contributed by atoms with Crippen LogP contribution in [0.3, 0.4) is 0 Å². The molecule has 0 unspecified atom stereocenters. The van der Waals surface area contributed by atoms with E-state index in [0.717, 1.165) is 0 Å². The Bertz CT molecular complexity index is 1270. The molecule has 0 saturated carbocycles. The zero-order valence-corrected chi connectivity index (χ0v) is 17.2. The minimum Gasteiger partial charge on any atom is -0.493 e. The number of benzene rings is 2. The van der Waals surface area contributed by atoms with E-state index in [4.69, 9.17) is 26.8 Å². The molecule has 0 amide bonds. The highest BCUT2D eigenvalue weighted by atomic mass is 35.5. The normalized spacial score (nSPS) is 10.6. The van der Waals surface area contributed by atoms with E-state index in [1.165, 1.54) is 43.5 Å². The van der Waals surface area contributed by atoms with E-state index in [9.17, 15) is 29.0 Å². The predicted octanol–water partition coefficient (Wildman–Crippen LogP) is 3.40. The van der Waals surface area contributed by atoms with Gasteiger partial charge in [-0.15, -0.1) is 0 Å². The Morgan fingerprint density at radius 2 is 1.78 bits per heavy atom. The number of ether oxygens (including phenoxy) is 2. The summed E-state index contributed by atoms with van der Waals surface area (Å²) >= 11 is 6.03. The van der Waals surface area contributed by atoms with Gasteiger partial charge in [0.1, 0.15) is 29.4 Å². The Morgan fingerprint density at radius 1 is 1.12 bits per heavy atom. The van der Waals surface area contributed by atoms with Gasteiger partial charge in [-0.3, -0.25) is 4.79 Å². The minimum absolute atomic E-state index is 0.00774. The first-order chi connectivity index (χ1) is 15.2. The number of pyridine rings is 1. The molecule has 0 saturated heterocycles. The summed E-state index contributed by atoms with van der Waals surface area (Å²) in [5.74, 6) is -4.53. The lowest BCUT2D eigenvalue weighted by molar-refractivity contribution is 0.0695. The number of anilines is 1. The van der Waals surface area contributed by atoms with E-state index in [1.54, 1.807) is 0 Å². The number of hydrogen-bond donors (Lipinski definition) is 4. The largest absolute Gasteiger partial charge is 0.493 e. The summed E-state index contributed by atoms with van der Waals surface area (Å²) in [5, 5.41) is 19.4. The van der Waals surface area contributed by atoms with Gasteiger partial charge in [-0.25, -0.2) is 14.0 Å². The molecule has 166 valence electrons. The van der Waals surface area contributed by atoms with E-state index < -0.39 is 52.4 Å². The number of nitrogen functional groups attached to an aromatic ring is 1. The van der Waals surface area contributed by atoms with Crippen LogP contribution in [0.1, 0.15) is 26.3 Å². The van der Waals surface area contributed by atoms with Gasteiger partial charge in [-0.05, 0) is 18.2 Å². The molecule has 1 heterocycles. The fraction of sp³-hybridized carbons (Fsp3) is 0.0952. The molecule has 5 N–H and O–H groups in total. The van der Waals surface area contributed by atoms with Gasteiger partial charge in [0.15, 0.2) is 11.5 Å². The molecule has 0 aliphatic carbocycles. The van der Waals surface area contributed by atoms with E-state index in [-0.39, 0.29) is 27.6 Å². The summed E-state index contributed by atoms with van der Waals surface area (Å²) in [6, 6.07) is 8.26. The Hall–Kier alpha value is -4.05. The zero-order chi connectivity index (χ0) is 23.6. The maximum Gasteiger partial charge on any atom is 0.342 e. The number of halogens is 2. The van der Waals surface area contributed by atoms with Crippen LogP contribution < -0.4 is 20.8 Å². The van der Waals surface area contributed by atoms with Crippen LogP contribution >= 0.6 is 11.6 Å². The molecule has 0 fully saturated rings. The van der Waals surface area contributed by atoms with Crippen molar-refractivity contribution >= 4 is 29.4 Å². The van der Waals surface area contributed by atoms with Crippen LogP contribution in [0.4, 0.5) is 10.2 Å². The van der Waals surface area contributed by atoms with E-state index in [0.29, 0.717) is 0 Å². The molecule has 1 aromatic heterocycles. The van der Waals surface area contributed by atoms with E-state index in [1.807, 2.05) is 4.98 Å². The Labute approximate surface area is 184 Å². The topological polar surface area (TPSA) is 152 Å². The molecule has 2 aromatic carbocycles. The predicted molar refractivity (Wildman–Crippen MR) is 113 cm³/mol. The third kappa shape index (κ3) is 4.08. The first kappa shape index (κ1) is 22.6. The number of aromatic carboxylic acids is 2. The highest BCUT2D eigenvalue weighted by molar-refractivity contribution is 6.31. The molecule has 3 rings (SSSR count). The quantitative estimate of drug-likeness (QED) is 0.417. The maximum absolute atomic E-state index is 14.2. The van der Waals surface area contributed by atoms with E-state index >= 15 is 0 Å². The summed E-state index contributed by atoms with van der Waals surface area (Å²) in [6.07, 6.45) is 0. The number of hydrogen-bond acceptors (Lipinski definition) is 6. The number of aromatic nitrogens is 1. The van der Waals surface area contributed by atoms with Crippen LogP contribution in [-0.2, 0) is 6.61 Å². The molecular formula is C21H16ClFN2O7. The molecule has 32 heavy (non-hydrogen) atoms. The zero-order valence-electron chi connectivity index (χ0n) is 16.4. The third-order valence-electron chi connectivity index (χ3n) is 4.56. The van der Waals surface area contributed by atoms with Gasteiger partial charge in [-0.1, -0.05) is 29.8 Å². The standard InChI is InChI=1S/C21H16ClFN2O7/c1-31-13-7-2-4-9(17(13)32-8-10-11(22)5-3-6-12(10)23)14-15(20(27)28)18(24)25-19(26)16(14)21(29)30/h2-7H,8H2,1H3,(H,27,28)(H,29,30)(H3,24,25,26). The van der Waals surface area contributed by atoms with Crippen LogP contribution in [0.25, 0.3) is 11.1 Å². The Kier molecular flexibility index (Phi) is 6.35. The second kappa shape index (κ2) is 8.98. The lowest BCUT2D eigenvalue weighted by Gasteiger charge is -2.18. The second-order valence-corrected chi connectivity index (χ2v) is 6.84. The fourth-order valence-electron chi connectivity index (χ4n) is 3.15. The molecular weight excluding hydrogens is 447 g/mol. The SMILES string of the molecule is COc1cccc(-c2c(C(=O)O)c(N)[nH]c(=O)c2C(=O)O)c1OCc1c(F)cccc1Cl. The number of nitrogens with two attached hydrogens (primary N) is 1. The fourth-order valence-corrected chi connectivity index (χ4v) is 3.37. The first-order valence-corrected chi connectivity index (χ1v) is 9.30. The maximum atomic E-state index is 14.2. The van der Waals surface area contributed by atoms with Crippen molar-refractivity contribution < 1.29 is 33.7 Å². The van der Waals surface area contributed by atoms with E-state index in [2.05, 4.69) is 0 Å². The molecule has 0 bridgehead atoms. The number of carboxylic acid groups (broad SMARTS) is 2. The van der Waals surface area contributed by atoms with Gasteiger partial charge in [-0.2, -0.15) is 0 Å². The second-order valence-electron chi connectivity index (χ2n) is 6.43. The number of carboxylic acids is 2. The van der Waals surface area contributed by atoms with Gasteiger partial charge in [0, 0.05) is 16.7 Å². The van der Waals surface area contributed by atoms with Crippen molar-refractivity contribution in [1.29, 1.82) is 0 Å². The number of rotatable bonds is 7. The summed E-state index contributed by atoms with van der Waals surface area (Å²) in [5.41, 5.74) is 2.48. The van der Waals surface area contributed by atoms with Gasteiger partial charge in [0.2, 0.25) is 0 Å². The molecule has 0 spiro atoms. The highest BCUT2D eigenvalue weighted by Crippen LogP contribution is 2.42. The number of para-hydroxylation sites is 1. The van der Waals surface area contributed by atoms with Crippen LogP contribution in [0.15, 0.2) is 41.2 Å². The summed E-state index contributed by atoms with van der Waals surface area (Å²) in [4.78, 5) is 38.1. The summed E-state index contributed by atoms with van der Waals surface area (Å²) < 4.78 is 25.2. The minimum atomic E-state index is -1.69. The Balaban J connectivity index is 2.30. The molecule has 0 aliphatic heterocycles. The summed E-state index contributed by atoms with van der Waals surface area (Å²) in [6.45, 7) is -0.400. The van der Waals surface area contributed by atoms with Gasteiger partial charge < -0.3 is 30.4 Å². The van der Waals surface area contributed by atoms with Crippen LogP contribution in [-0.4, -0.2) is 34.2 Å². The molecule has 11 heteroatoms. The number of H-pyrrole nitrogens is 1. The molecule has 0 aliphatic rings. The average Bonchev–Trinajstić information content (AvgIpc) is 2.72. The van der Waals surface area contributed by atoms with Crippen molar-refractivity contribution in [1.82, 2.24) is 4.98 Å². The smallest absolute Gasteiger partial charge is 0.342 e. The van der Waals surface area contributed by atoms with Gasteiger partial charge >= 0.3 is 11.9 Å². The number of aromatic amines is 1.